The van der Waals surface area contributed by atoms with Crippen molar-refractivity contribution in [3.8, 4) is 0 Å². The summed E-state index contributed by atoms with van der Waals surface area (Å²) in [5.41, 5.74) is 1.24. The minimum Gasteiger partial charge on any atom is -0.299 e. The maximum Gasteiger partial charge on any atom is 0.328 e. The Kier molecular flexibility index (Phi) is 2.95. The van der Waals surface area contributed by atoms with E-state index >= 15 is 0 Å². The maximum absolute atomic E-state index is 11.4. The minimum atomic E-state index is -0.390. The van der Waals surface area contributed by atoms with Crippen molar-refractivity contribution in [1.82, 2.24) is 19.3 Å². The monoisotopic (exact) mass is 234 g/mol. The summed E-state index contributed by atoms with van der Waals surface area (Å²) >= 11 is 0. The van der Waals surface area contributed by atoms with Crippen molar-refractivity contribution < 1.29 is 0 Å². The summed E-state index contributed by atoms with van der Waals surface area (Å²) in [5, 5.41) is 4.30. The molecule has 0 bridgehead atoms. The smallest absolute Gasteiger partial charge is 0.299 e. The Bertz CT molecular complexity index is 635. The van der Waals surface area contributed by atoms with Crippen LogP contribution in [0.15, 0.2) is 27.9 Å². The molecule has 0 atom stereocenters. The molecule has 2 heterocycles. The van der Waals surface area contributed by atoms with Gasteiger partial charge in [0, 0.05) is 24.5 Å². The SMILES string of the molecule is Cc1cc(C)n(CCn2ccc(=O)[nH]c2=O)n1. The third kappa shape index (κ3) is 2.52. The van der Waals surface area contributed by atoms with Crippen LogP contribution in [0.4, 0.5) is 0 Å². The lowest BCUT2D eigenvalue weighted by Crippen LogP contribution is -2.29. The van der Waals surface area contributed by atoms with Crippen molar-refractivity contribution in [3.63, 3.8) is 0 Å². The molecule has 0 aliphatic carbocycles. The third-order valence-electron chi connectivity index (χ3n) is 2.55. The predicted octanol–water partition coefficient (Wildman–Crippen LogP) is 0.0501. The molecule has 0 radical (unpaired) electrons. The van der Waals surface area contributed by atoms with E-state index in [1.165, 1.54) is 16.8 Å². The molecular weight excluding hydrogens is 220 g/mol. The molecule has 0 unspecified atom stereocenters. The van der Waals surface area contributed by atoms with E-state index in [1.54, 1.807) is 0 Å². The summed E-state index contributed by atoms with van der Waals surface area (Å²) in [6.07, 6.45) is 1.49. The lowest BCUT2D eigenvalue weighted by molar-refractivity contribution is 0.505. The van der Waals surface area contributed by atoms with Gasteiger partial charge >= 0.3 is 5.69 Å². The van der Waals surface area contributed by atoms with Crippen molar-refractivity contribution in [2.24, 2.45) is 0 Å². The molecule has 17 heavy (non-hydrogen) atoms. The molecule has 6 heteroatoms. The fraction of sp³-hybridized carbons (Fsp3) is 0.364. The van der Waals surface area contributed by atoms with Gasteiger partial charge in [-0.15, -0.1) is 0 Å². The highest BCUT2D eigenvalue weighted by atomic mass is 16.2. The first-order valence-corrected chi connectivity index (χ1v) is 5.37. The van der Waals surface area contributed by atoms with Crippen LogP contribution >= 0.6 is 0 Å². The number of nitrogens with one attached hydrogen (secondary N) is 1. The second-order valence-corrected chi connectivity index (χ2v) is 3.95. The van der Waals surface area contributed by atoms with Gasteiger partial charge in [0.2, 0.25) is 0 Å². The van der Waals surface area contributed by atoms with Crippen LogP contribution in [0.1, 0.15) is 11.4 Å². The molecule has 0 aromatic carbocycles. The summed E-state index contributed by atoms with van der Waals surface area (Å²) in [7, 11) is 0. The molecule has 2 aromatic heterocycles. The van der Waals surface area contributed by atoms with E-state index in [0.29, 0.717) is 13.1 Å². The van der Waals surface area contributed by atoms with Crippen molar-refractivity contribution in [1.29, 1.82) is 0 Å². The average Bonchev–Trinajstić information content (AvgIpc) is 2.56. The van der Waals surface area contributed by atoms with Gasteiger partial charge in [0.05, 0.1) is 12.2 Å². The summed E-state index contributed by atoms with van der Waals surface area (Å²) in [6, 6.07) is 3.32. The molecular formula is C11H14N4O2. The lowest BCUT2D eigenvalue weighted by Gasteiger charge is -2.06. The molecule has 0 spiro atoms. The van der Waals surface area contributed by atoms with Crippen LogP contribution < -0.4 is 11.2 Å². The van der Waals surface area contributed by atoms with Gasteiger partial charge in [0.15, 0.2) is 0 Å². The first kappa shape index (κ1) is 11.4. The summed E-state index contributed by atoms with van der Waals surface area (Å²) < 4.78 is 3.30. The van der Waals surface area contributed by atoms with E-state index in [-0.39, 0.29) is 11.2 Å². The molecule has 0 amide bonds. The molecule has 90 valence electrons. The molecule has 0 aliphatic rings. The fourth-order valence-electron chi connectivity index (χ4n) is 1.72. The number of hydrogen-bond acceptors (Lipinski definition) is 3. The van der Waals surface area contributed by atoms with Crippen molar-refractivity contribution in [2.45, 2.75) is 26.9 Å². The van der Waals surface area contributed by atoms with E-state index in [1.807, 2.05) is 24.6 Å². The van der Waals surface area contributed by atoms with Gasteiger partial charge < -0.3 is 0 Å². The topological polar surface area (TPSA) is 72.7 Å². The Morgan fingerprint density at radius 2 is 2.06 bits per heavy atom. The zero-order valence-electron chi connectivity index (χ0n) is 9.80. The number of aryl methyl sites for hydroxylation is 4. The number of aromatic nitrogens is 4. The number of H-pyrrole nitrogens is 1. The average molecular weight is 234 g/mol. The first-order chi connectivity index (χ1) is 8.06. The second-order valence-electron chi connectivity index (χ2n) is 3.95. The number of hydrogen-bond donors (Lipinski definition) is 1. The molecule has 0 fully saturated rings. The zero-order valence-corrected chi connectivity index (χ0v) is 9.80. The quantitative estimate of drug-likeness (QED) is 0.815. The van der Waals surface area contributed by atoms with Gasteiger partial charge in [-0.05, 0) is 19.9 Å². The van der Waals surface area contributed by atoms with Gasteiger partial charge in [0.25, 0.3) is 5.56 Å². The standard InChI is InChI=1S/C11H14N4O2/c1-8-7-9(2)15(13-8)6-5-14-4-3-10(16)12-11(14)17/h3-4,7H,5-6H2,1-2H3,(H,12,16,17). The Morgan fingerprint density at radius 3 is 2.65 bits per heavy atom. The van der Waals surface area contributed by atoms with Crippen LogP contribution in [0, 0.1) is 13.8 Å². The summed E-state index contributed by atoms with van der Waals surface area (Å²) in [6.45, 7) is 4.98. The van der Waals surface area contributed by atoms with Crippen molar-refractivity contribution in [2.75, 3.05) is 0 Å². The van der Waals surface area contributed by atoms with Crippen LogP contribution in [-0.4, -0.2) is 19.3 Å². The van der Waals surface area contributed by atoms with E-state index in [4.69, 9.17) is 0 Å². The normalized spacial score (nSPS) is 10.7. The van der Waals surface area contributed by atoms with E-state index in [0.717, 1.165) is 11.4 Å². The molecule has 6 nitrogen and oxygen atoms in total. The molecule has 2 rings (SSSR count). The largest absolute Gasteiger partial charge is 0.328 e. The Morgan fingerprint density at radius 1 is 1.29 bits per heavy atom. The highest BCUT2D eigenvalue weighted by Crippen LogP contribution is 2.01. The van der Waals surface area contributed by atoms with Crippen LogP contribution in [-0.2, 0) is 13.1 Å². The molecule has 1 N–H and O–H groups in total. The predicted molar refractivity (Wildman–Crippen MR) is 63.0 cm³/mol. The van der Waals surface area contributed by atoms with Gasteiger partial charge in [0.1, 0.15) is 0 Å². The van der Waals surface area contributed by atoms with Crippen molar-refractivity contribution >= 4 is 0 Å². The molecule has 2 aromatic rings. The van der Waals surface area contributed by atoms with Gasteiger partial charge in [-0.1, -0.05) is 0 Å². The fourth-order valence-corrected chi connectivity index (χ4v) is 1.72. The van der Waals surface area contributed by atoms with Gasteiger partial charge in [-0.2, -0.15) is 5.10 Å². The number of aromatic amines is 1. The minimum absolute atomic E-state index is 0.377. The second kappa shape index (κ2) is 4.40. The van der Waals surface area contributed by atoms with E-state index < -0.39 is 0 Å². The van der Waals surface area contributed by atoms with Crippen LogP contribution in [0.3, 0.4) is 0 Å². The van der Waals surface area contributed by atoms with Gasteiger partial charge in [-0.25, -0.2) is 4.79 Å². The van der Waals surface area contributed by atoms with Crippen LogP contribution in [0.5, 0.6) is 0 Å². The van der Waals surface area contributed by atoms with Crippen LogP contribution in [0.25, 0.3) is 0 Å². The number of nitrogens with zero attached hydrogens (tertiary/aromatic N) is 3. The highest BCUT2D eigenvalue weighted by molar-refractivity contribution is 5.06. The molecule has 0 saturated heterocycles. The highest BCUT2D eigenvalue weighted by Gasteiger charge is 2.01. The lowest BCUT2D eigenvalue weighted by atomic mass is 10.4. The zero-order chi connectivity index (χ0) is 12.4. The van der Waals surface area contributed by atoms with Crippen LogP contribution in [0.2, 0.25) is 0 Å². The Labute approximate surface area is 97.5 Å². The van der Waals surface area contributed by atoms with E-state index in [9.17, 15) is 9.59 Å². The Hall–Kier alpha value is -2.11. The van der Waals surface area contributed by atoms with Crippen molar-refractivity contribution in [3.05, 3.63) is 50.6 Å². The first-order valence-electron chi connectivity index (χ1n) is 5.37. The third-order valence-corrected chi connectivity index (χ3v) is 2.55. The Balaban J connectivity index is 2.15. The molecule has 0 saturated carbocycles. The van der Waals surface area contributed by atoms with Gasteiger partial charge in [-0.3, -0.25) is 19.0 Å². The summed E-state index contributed by atoms with van der Waals surface area (Å²) in [5.74, 6) is 0. The maximum atomic E-state index is 11.4. The number of rotatable bonds is 3. The van der Waals surface area contributed by atoms with E-state index in [2.05, 4.69) is 10.1 Å². The molecule has 0 aliphatic heterocycles. The summed E-state index contributed by atoms with van der Waals surface area (Å²) in [4.78, 5) is 24.5.